The average Bonchev–Trinajstić information content (AvgIpc) is 2.66. The molecule has 0 bridgehead atoms. The normalized spacial score (nSPS) is 22.4. The van der Waals surface area contributed by atoms with Gasteiger partial charge in [0.15, 0.2) is 0 Å². The van der Waals surface area contributed by atoms with Crippen LogP contribution in [-0.4, -0.2) is 18.6 Å². The average molecular weight is 290 g/mol. The molecule has 0 spiro atoms. The molecule has 0 heterocycles. The molecular formula is C17H26N2O2. The smallest absolute Gasteiger partial charge is 0.340 e. The number of carbonyl (C=O) groups is 1. The highest BCUT2D eigenvalue weighted by Gasteiger charge is 2.21. The Kier molecular flexibility index (Phi) is 5.48. The third-order valence-corrected chi connectivity index (χ3v) is 4.30. The Morgan fingerprint density at radius 1 is 1.33 bits per heavy atom. The zero-order valence-electron chi connectivity index (χ0n) is 13.0. The molecule has 4 nitrogen and oxygen atoms in total. The van der Waals surface area contributed by atoms with E-state index in [1.54, 1.807) is 13.0 Å². The SMILES string of the molecule is CCOC(=O)c1cccc(NC2CCCCCC2C)c1N. The molecule has 21 heavy (non-hydrogen) atoms. The van der Waals surface area contributed by atoms with E-state index in [-0.39, 0.29) is 5.97 Å². The fraction of sp³-hybridized carbons (Fsp3) is 0.588. The van der Waals surface area contributed by atoms with Gasteiger partial charge in [-0.1, -0.05) is 32.3 Å². The summed E-state index contributed by atoms with van der Waals surface area (Å²) >= 11 is 0. The van der Waals surface area contributed by atoms with Gasteiger partial charge in [0.25, 0.3) is 0 Å². The minimum atomic E-state index is -0.354. The molecule has 4 heteroatoms. The van der Waals surface area contributed by atoms with Gasteiger partial charge in [0.05, 0.1) is 23.5 Å². The molecule has 0 radical (unpaired) electrons. The molecule has 1 aromatic carbocycles. The summed E-state index contributed by atoms with van der Waals surface area (Å²) in [5.41, 5.74) is 7.94. The molecular weight excluding hydrogens is 264 g/mol. The van der Waals surface area contributed by atoms with Gasteiger partial charge in [0, 0.05) is 6.04 Å². The molecule has 0 amide bonds. The third kappa shape index (κ3) is 3.90. The molecule has 3 N–H and O–H groups in total. The Labute approximate surface area is 127 Å². The van der Waals surface area contributed by atoms with Crippen molar-refractivity contribution in [1.82, 2.24) is 0 Å². The zero-order chi connectivity index (χ0) is 15.2. The van der Waals surface area contributed by atoms with Crippen LogP contribution in [0.1, 0.15) is 56.3 Å². The van der Waals surface area contributed by atoms with Crippen molar-refractivity contribution in [2.24, 2.45) is 5.92 Å². The van der Waals surface area contributed by atoms with Gasteiger partial charge in [-0.25, -0.2) is 4.79 Å². The molecule has 2 atom stereocenters. The van der Waals surface area contributed by atoms with Crippen LogP contribution in [0.25, 0.3) is 0 Å². The quantitative estimate of drug-likeness (QED) is 0.502. The van der Waals surface area contributed by atoms with Gasteiger partial charge in [-0.3, -0.25) is 0 Å². The maximum absolute atomic E-state index is 11.9. The van der Waals surface area contributed by atoms with Crippen molar-refractivity contribution in [3.05, 3.63) is 23.8 Å². The lowest BCUT2D eigenvalue weighted by molar-refractivity contribution is 0.0527. The Balaban J connectivity index is 2.16. The predicted molar refractivity (Wildman–Crippen MR) is 86.5 cm³/mol. The van der Waals surface area contributed by atoms with Crippen molar-refractivity contribution in [2.75, 3.05) is 17.7 Å². The first kappa shape index (κ1) is 15.7. The van der Waals surface area contributed by atoms with Crippen LogP contribution in [0.15, 0.2) is 18.2 Å². The number of benzene rings is 1. The van der Waals surface area contributed by atoms with E-state index in [0.717, 1.165) is 12.1 Å². The molecule has 1 aliphatic rings. The predicted octanol–water partition coefficient (Wildman–Crippen LogP) is 3.83. The number of nitrogens with two attached hydrogens (primary N) is 1. The van der Waals surface area contributed by atoms with Crippen LogP contribution in [-0.2, 0) is 4.74 Å². The summed E-state index contributed by atoms with van der Waals surface area (Å²) in [6.07, 6.45) is 6.26. The summed E-state index contributed by atoms with van der Waals surface area (Å²) in [5, 5.41) is 3.54. The lowest BCUT2D eigenvalue weighted by Crippen LogP contribution is -2.27. The van der Waals surface area contributed by atoms with Gasteiger partial charge < -0.3 is 15.8 Å². The van der Waals surface area contributed by atoms with Crippen molar-refractivity contribution < 1.29 is 9.53 Å². The number of anilines is 2. The molecule has 1 aromatic rings. The standard InChI is InChI=1S/C17H26N2O2/c1-3-21-17(20)13-9-7-11-15(16(13)18)19-14-10-6-4-5-8-12(14)2/h7,9,11-12,14,19H,3-6,8,10,18H2,1-2H3. The highest BCUT2D eigenvalue weighted by molar-refractivity contribution is 5.98. The van der Waals surface area contributed by atoms with Crippen molar-refractivity contribution in [1.29, 1.82) is 0 Å². The van der Waals surface area contributed by atoms with Gasteiger partial charge in [0.1, 0.15) is 0 Å². The number of carbonyl (C=O) groups excluding carboxylic acids is 1. The van der Waals surface area contributed by atoms with E-state index < -0.39 is 0 Å². The molecule has 1 saturated carbocycles. The van der Waals surface area contributed by atoms with E-state index in [2.05, 4.69) is 12.2 Å². The minimum absolute atomic E-state index is 0.354. The summed E-state index contributed by atoms with van der Waals surface area (Å²) in [4.78, 5) is 11.9. The number of nitrogen functional groups attached to an aromatic ring is 1. The third-order valence-electron chi connectivity index (χ3n) is 4.30. The van der Waals surface area contributed by atoms with Crippen molar-refractivity contribution in [3.63, 3.8) is 0 Å². The number of rotatable bonds is 4. The van der Waals surface area contributed by atoms with Crippen LogP contribution in [0.4, 0.5) is 11.4 Å². The largest absolute Gasteiger partial charge is 0.462 e. The highest BCUT2D eigenvalue weighted by atomic mass is 16.5. The Morgan fingerprint density at radius 3 is 2.86 bits per heavy atom. The summed E-state index contributed by atoms with van der Waals surface area (Å²) in [6.45, 7) is 4.44. The van der Waals surface area contributed by atoms with Crippen LogP contribution < -0.4 is 11.1 Å². The summed E-state index contributed by atoms with van der Waals surface area (Å²) in [6, 6.07) is 5.93. The lowest BCUT2D eigenvalue weighted by atomic mass is 9.96. The summed E-state index contributed by atoms with van der Waals surface area (Å²) < 4.78 is 5.05. The van der Waals surface area contributed by atoms with Crippen LogP contribution >= 0.6 is 0 Å². The number of para-hydroxylation sites is 1. The Bertz CT molecular complexity index is 488. The van der Waals surface area contributed by atoms with E-state index in [4.69, 9.17) is 10.5 Å². The topological polar surface area (TPSA) is 64.3 Å². The molecule has 2 unspecified atom stereocenters. The van der Waals surface area contributed by atoms with Crippen LogP contribution in [0.2, 0.25) is 0 Å². The monoisotopic (exact) mass is 290 g/mol. The summed E-state index contributed by atoms with van der Waals surface area (Å²) in [5.74, 6) is 0.269. The number of hydrogen-bond donors (Lipinski definition) is 2. The van der Waals surface area contributed by atoms with Gasteiger partial charge in [-0.2, -0.15) is 0 Å². The van der Waals surface area contributed by atoms with E-state index >= 15 is 0 Å². The van der Waals surface area contributed by atoms with E-state index in [0.29, 0.717) is 29.8 Å². The van der Waals surface area contributed by atoms with Crippen molar-refractivity contribution >= 4 is 17.3 Å². The molecule has 2 rings (SSSR count). The van der Waals surface area contributed by atoms with Crippen molar-refractivity contribution in [2.45, 2.75) is 52.0 Å². The molecule has 1 aliphatic carbocycles. The number of nitrogens with one attached hydrogen (secondary N) is 1. The van der Waals surface area contributed by atoms with E-state index in [9.17, 15) is 4.79 Å². The van der Waals surface area contributed by atoms with Crippen LogP contribution in [0.3, 0.4) is 0 Å². The molecule has 116 valence electrons. The Morgan fingerprint density at radius 2 is 2.10 bits per heavy atom. The van der Waals surface area contributed by atoms with Gasteiger partial charge in [-0.05, 0) is 37.8 Å². The fourth-order valence-corrected chi connectivity index (χ4v) is 2.99. The second kappa shape index (κ2) is 7.34. The molecule has 0 aromatic heterocycles. The first-order valence-corrected chi connectivity index (χ1v) is 7.95. The van der Waals surface area contributed by atoms with E-state index in [1.165, 1.54) is 25.7 Å². The van der Waals surface area contributed by atoms with Gasteiger partial charge >= 0.3 is 5.97 Å². The minimum Gasteiger partial charge on any atom is -0.462 e. The number of ether oxygens (including phenoxy) is 1. The Hall–Kier alpha value is -1.71. The molecule has 1 fully saturated rings. The van der Waals surface area contributed by atoms with Crippen LogP contribution in [0, 0.1) is 5.92 Å². The first-order chi connectivity index (χ1) is 10.1. The maximum atomic E-state index is 11.9. The highest BCUT2D eigenvalue weighted by Crippen LogP contribution is 2.29. The fourth-order valence-electron chi connectivity index (χ4n) is 2.99. The lowest BCUT2D eigenvalue weighted by Gasteiger charge is -2.25. The van der Waals surface area contributed by atoms with E-state index in [1.807, 2.05) is 12.1 Å². The molecule has 0 saturated heterocycles. The van der Waals surface area contributed by atoms with Gasteiger partial charge in [-0.15, -0.1) is 0 Å². The second-order valence-electron chi connectivity index (χ2n) is 5.85. The van der Waals surface area contributed by atoms with Crippen molar-refractivity contribution in [3.8, 4) is 0 Å². The second-order valence-corrected chi connectivity index (χ2v) is 5.85. The van der Waals surface area contributed by atoms with Crippen LogP contribution in [0.5, 0.6) is 0 Å². The number of hydrogen-bond acceptors (Lipinski definition) is 4. The maximum Gasteiger partial charge on any atom is 0.340 e. The molecule has 0 aliphatic heterocycles. The number of esters is 1. The zero-order valence-corrected chi connectivity index (χ0v) is 13.0. The summed E-state index contributed by atoms with van der Waals surface area (Å²) in [7, 11) is 0. The first-order valence-electron chi connectivity index (χ1n) is 7.95. The van der Waals surface area contributed by atoms with Gasteiger partial charge in [0.2, 0.25) is 0 Å².